The lowest BCUT2D eigenvalue weighted by molar-refractivity contribution is -0.162. The van der Waals surface area contributed by atoms with Crippen molar-refractivity contribution in [2.75, 3.05) is 0 Å². The molecule has 4 fully saturated rings. The van der Waals surface area contributed by atoms with E-state index in [-0.39, 0.29) is 52.7 Å². The van der Waals surface area contributed by atoms with Crippen molar-refractivity contribution in [2.45, 2.75) is 77.4 Å². The number of fused-ring (bicyclic) bond motifs is 8. The van der Waals surface area contributed by atoms with Gasteiger partial charge in [-0.1, -0.05) is 13.8 Å². The molecule has 4 nitrogen and oxygen atoms in total. The number of carbonyl (C=O) groups excluding carboxylic acids is 2. The van der Waals surface area contributed by atoms with Crippen molar-refractivity contribution in [1.82, 2.24) is 0 Å². The third kappa shape index (κ3) is 2.04. The van der Waals surface area contributed by atoms with Crippen LogP contribution >= 0.6 is 0 Å². The third-order valence-electron chi connectivity index (χ3n) is 8.35. The van der Waals surface area contributed by atoms with E-state index in [1.807, 2.05) is 0 Å². The van der Waals surface area contributed by atoms with Crippen molar-refractivity contribution in [2.24, 2.45) is 28.6 Å². The van der Waals surface area contributed by atoms with E-state index in [1.165, 1.54) is 6.92 Å². The molecule has 5 aliphatic rings. The van der Waals surface area contributed by atoms with Crippen LogP contribution in [0.15, 0.2) is 11.6 Å². The molecule has 0 aromatic carbocycles. The summed E-state index contributed by atoms with van der Waals surface area (Å²) in [5.74, 6) is 0.248. The Balaban J connectivity index is 1.54. The highest BCUT2D eigenvalue weighted by molar-refractivity contribution is 5.92. The number of ether oxygens (including phenoxy) is 2. The molecule has 1 saturated heterocycles. The summed E-state index contributed by atoms with van der Waals surface area (Å²) >= 11 is 0. The van der Waals surface area contributed by atoms with Gasteiger partial charge < -0.3 is 9.47 Å². The van der Waals surface area contributed by atoms with Crippen LogP contribution in [0.2, 0.25) is 0 Å². The summed E-state index contributed by atoms with van der Waals surface area (Å²) < 4.78 is 27.4. The minimum Gasteiger partial charge on any atom is -0.462 e. The fraction of sp³-hybridized carbons (Fsp3) is 0.810. The molecule has 0 N–H and O–H groups in total. The number of alkyl halides is 1. The fourth-order valence-corrected chi connectivity index (χ4v) is 7.20. The molecule has 1 aliphatic heterocycles. The SMILES string of the molecule is CC(=O)O[C@H]1CC[C@H]2[C@@H]3[C@@H]4O[C@@H]4C4=CC(=O)CC[C@]4(C)[C@H]3[C@@H](F)C[C@]12C. The number of rotatable bonds is 1. The van der Waals surface area contributed by atoms with Gasteiger partial charge in [-0.2, -0.15) is 0 Å². The van der Waals surface area contributed by atoms with Crippen molar-refractivity contribution in [3.05, 3.63) is 11.6 Å². The van der Waals surface area contributed by atoms with Crippen LogP contribution < -0.4 is 0 Å². The highest BCUT2D eigenvalue weighted by Gasteiger charge is 2.71. The maximum Gasteiger partial charge on any atom is 0.302 e. The van der Waals surface area contributed by atoms with Gasteiger partial charge >= 0.3 is 5.97 Å². The molecule has 0 bridgehead atoms. The van der Waals surface area contributed by atoms with E-state index in [0.29, 0.717) is 18.8 Å². The molecule has 5 heteroatoms. The lowest BCUT2D eigenvalue weighted by atomic mass is 9.47. The number of carbonyl (C=O) groups is 2. The summed E-state index contributed by atoms with van der Waals surface area (Å²) in [7, 11) is 0. The van der Waals surface area contributed by atoms with E-state index in [2.05, 4.69) is 13.8 Å². The Morgan fingerprint density at radius 3 is 2.85 bits per heavy atom. The average molecular weight is 362 g/mol. The first-order valence-corrected chi connectivity index (χ1v) is 9.97. The minimum atomic E-state index is -0.954. The van der Waals surface area contributed by atoms with Crippen molar-refractivity contribution >= 4 is 11.8 Å². The number of esters is 1. The number of hydrogen-bond acceptors (Lipinski definition) is 4. The van der Waals surface area contributed by atoms with Gasteiger partial charge in [0, 0.05) is 24.7 Å². The third-order valence-corrected chi connectivity index (χ3v) is 8.35. The second-order valence-electron chi connectivity index (χ2n) is 9.62. The smallest absolute Gasteiger partial charge is 0.302 e. The van der Waals surface area contributed by atoms with E-state index in [0.717, 1.165) is 24.8 Å². The van der Waals surface area contributed by atoms with Gasteiger partial charge in [-0.3, -0.25) is 9.59 Å². The van der Waals surface area contributed by atoms with Gasteiger partial charge in [0.25, 0.3) is 0 Å². The van der Waals surface area contributed by atoms with Crippen LogP contribution in [0, 0.1) is 28.6 Å². The first kappa shape index (κ1) is 16.9. The lowest BCUT2D eigenvalue weighted by Crippen LogP contribution is -2.58. The maximum atomic E-state index is 15.7. The van der Waals surface area contributed by atoms with Crippen molar-refractivity contribution in [1.29, 1.82) is 0 Å². The Morgan fingerprint density at radius 2 is 2.12 bits per heavy atom. The van der Waals surface area contributed by atoms with Gasteiger partial charge in [0.15, 0.2) is 5.78 Å². The molecule has 26 heavy (non-hydrogen) atoms. The zero-order chi connectivity index (χ0) is 18.4. The molecule has 0 aromatic heterocycles. The maximum absolute atomic E-state index is 15.7. The molecule has 1 heterocycles. The molecule has 0 spiro atoms. The van der Waals surface area contributed by atoms with Crippen LogP contribution in [-0.2, 0) is 19.1 Å². The normalized spacial score (nSPS) is 54.4. The first-order valence-electron chi connectivity index (χ1n) is 9.97. The van der Waals surface area contributed by atoms with Gasteiger partial charge in [-0.05, 0) is 54.6 Å². The highest BCUT2D eigenvalue weighted by atomic mass is 19.1. The van der Waals surface area contributed by atoms with Gasteiger partial charge in [0.2, 0.25) is 0 Å². The monoisotopic (exact) mass is 362 g/mol. The molecule has 0 unspecified atom stereocenters. The molecule has 142 valence electrons. The first-order chi connectivity index (χ1) is 12.3. The van der Waals surface area contributed by atoms with Crippen molar-refractivity contribution in [3.8, 4) is 0 Å². The molecule has 4 aliphatic carbocycles. The minimum absolute atomic E-state index is 0.00664. The number of ketones is 1. The summed E-state index contributed by atoms with van der Waals surface area (Å²) in [5, 5.41) is 0. The molecular formula is C21H27FO4. The van der Waals surface area contributed by atoms with Gasteiger partial charge in [-0.25, -0.2) is 4.39 Å². The second-order valence-corrected chi connectivity index (χ2v) is 9.62. The van der Waals surface area contributed by atoms with E-state index >= 15 is 4.39 Å². The zero-order valence-corrected chi connectivity index (χ0v) is 15.7. The van der Waals surface area contributed by atoms with Crippen molar-refractivity contribution in [3.63, 3.8) is 0 Å². The Labute approximate surface area is 153 Å². The van der Waals surface area contributed by atoms with Gasteiger partial charge in [-0.15, -0.1) is 0 Å². The topological polar surface area (TPSA) is 55.9 Å². The zero-order valence-electron chi connectivity index (χ0n) is 15.7. The van der Waals surface area contributed by atoms with Crippen molar-refractivity contribution < 1.29 is 23.5 Å². The summed E-state index contributed by atoms with van der Waals surface area (Å²) in [6.07, 6.45) is 4.06. The standard InChI is InChI=1S/C21H27FO4/c1-10(23)25-15-5-4-12-16-17(14(22)9-21(12,15)3)20(2)7-6-11(24)8-13(20)18-19(16)26-18/h8,12,14-19H,4-7,9H2,1-3H3/t12-,14-,15-,16-,17-,18+,19-,20-,21-/m0/s1. The van der Waals surface area contributed by atoms with Gasteiger partial charge in [0.05, 0.1) is 6.10 Å². The fourth-order valence-electron chi connectivity index (χ4n) is 7.20. The predicted octanol–water partition coefficient (Wildman–Crippen LogP) is 3.39. The summed E-state index contributed by atoms with van der Waals surface area (Å²) in [6, 6.07) is 0. The Kier molecular flexibility index (Phi) is 3.37. The summed E-state index contributed by atoms with van der Waals surface area (Å²) in [5.41, 5.74) is 0.446. The quantitative estimate of drug-likeness (QED) is 0.530. The molecule has 3 saturated carbocycles. The van der Waals surface area contributed by atoms with Crippen LogP contribution in [0.1, 0.15) is 52.9 Å². The number of hydrogen-bond donors (Lipinski definition) is 0. The highest BCUT2D eigenvalue weighted by Crippen LogP contribution is 2.69. The molecule has 0 radical (unpaired) electrons. The van der Waals surface area contributed by atoms with Crippen LogP contribution in [0.5, 0.6) is 0 Å². The van der Waals surface area contributed by atoms with Crippen LogP contribution in [0.4, 0.5) is 4.39 Å². The summed E-state index contributed by atoms with van der Waals surface area (Å²) in [6.45, 7) is 5.69. The molecule has 0 aromatic rings. The number of epoxide rings is 1. The molecular weight excluding hydrogens is 335 g/mol. The Hall–Kier alpha value is -1.23. The summed E-state index contributed by atoms with van der Waals surface area (Å²) in [4.78, 5) is 23.5. The molecule has 5 rings (SSSR count). The van der Waals surface area contributed by atoms with E-state index in [4.69, 9.17) is 9.47 Å². The Bertz CT molecular complexity index is 717. The Morgan fingerprint density at radius 1 is 1.35 bits per heavy atom. The van der Waals surface area contributed by atoms with E-state index < -0.39 is 6.17 Å². The average Bonchev–Trinajstić information content (AvgIpc) is 3.28. The molecule has 9 atom stereocenters. The molecule has 0 amide bonds. The van der Waals surface area contributed by atoms with Gasteiger partial charge in [0.1, 0.15) is 18.4 Å². The predicted molar refractivity (Wildman–Crippen MR) is 92.0 cm³/mol. The van der Waals surface area contributed by atoms with E-state index in [9.17, 15) is 9.59 Å². The number of halogens is 1. The van der Waals surface area contributed by atoms with E-state index in [1.54, 1.807) is 6.08 Å². The second kappa shape index (κ2) is 5.18. The lowest BCUT2D eigenvalue weighted by Gasteiger charge is -2.57. The largest absolute Gasteiger partial charge is 0.462 e. The van der Waals surface area contributed by atoms with Crippen LogP contribution in [0.25, 0.3) is 0 Å². The van der Waals surface area contributed by atoms with Crippen LogP contribution in [-0.4, -0.2) is 36.2 Å². The van der Waals surface area contributed by atoms with Crippen LogP contribution in [0.3, 0.4) is 0 Å².